The molecular formula is C5H8BNO2. The Morgan fingerprint density at radius 1 is 1.56 bits per heavy atom. The predicted molar refractivity (Wildman–Crippen MR) is 36.3 cm³/mol. The third-order valence-corrected chi connectivity index (χ3v) is 1.14. The second-order valence-corrected chi connectivity index (χ2v) is 1.87. The van der Waals surface area contributed by atoms with Crippen LogP contribution < -0.4 is 0 Å². The van der Waals surface area contributed by atoms with Crippen LogP contribution in [0.5, 0.6) is 0 Å². The molecule has 0 amide bonds. The first kappa shape index (κ1) is 6.51. The zero-order valence-electron chi connectivity index (χ0n) is 4.99. The van der Waals surface area contributed by atoms with Crippen LogP contribution in [0.25, 0.3) is 0 Å². The van der Waals surface area contributed by atoms with Gasteiger partial charge in [0.05, 0.1) is 5.61 Å². The van der Waals surface area contributed by atoms with E-state index in [1.165, 1.54) is 0 Å². The number of allylic oxidation sites excluding steroid dienone is 1. The average molecular weight is 125 g/mol. The van der Waals surface area contributed by atoms with E-state index in [0.29, 0.717) is 12.2 Å². The summed E-state index contributed by atoms with van der Waals surface area (Å²) in [5.74, 6) is 0. The van der Waals surface area contributed by atoms with Crippen molar-refractivity contribution in [3.05, 3.63) is 12.2 Å². The second-order valence-electron chi connectivity index (χ2n) is 1.87. The summed E-state index contributed by atoms with van der Waals surface area (Å²) in [6, 6.07) is 0. The van der Waals surface area contributed by atoms with Crippen LogP contribution in [0.4, 0.5) is 0 Å². The molecule has 9 heavy (non-hydrogen) atoms. The summed E-state index contributed by atoms with van der Waals surface area (Å²) < 4.78 is 0. The van der Waals surface area contributed by atoms with Gasteiger partial charge in [0.25, 0.3) is 0 Å². The molecule has 3 nitrogen and oxygen atoms in total. The van der Waals surface area contributed by atoms with E-state index in [-0.39, 0.29) is 0 Å². The van der Waals surface area contributed by atoms with Crippen molar-refractivity contribution in [2.75, 3.05) is 6.54 Å². The molecule has 1 aliphatic rings. The molecule has 0 aliphatic carbocycles. The van der Waals surface area contributed by atoms with Gasteiger partial charge in [0, 0.05) is 6.54 Å². The molecule has 0 aromatic heterocycles. The van der Waals surface area contributed by atoms with Crippen molar-refractivity contribution in [3.8, 4) is 0 Å². The van der Waals surface area contributed by atoms with Gasteiger partial charge in [-0.25, -0.2) is 0 Å². The van der Waals surface area contributed by atoms with E-state index in [0.717, 1.165) is 6.42 Å². The highest BCUT2D eigenvalue weighted by Crippen LogP contribution is 1.96. The van der Waals surface area contributed by atoms with Gasteiger partial charge in [-0.1, -0.05) is 6.08 Å². The van der Waals surface area contributed by atoms with Crippen LogP contribution in [0.15, 0.2) is 17.1 Å². The quantitative estimate of drug-likeness (QED) is 0.459. The molecular weight excluding hydrogens is 117 g/mol. The van der Waals surface area contributed by atoms with E-state index >= 15 is 0 Å². The summed E-state index contributed by atoms with van der Waals surface area (Å²) in [4.78, 5) is 3.86. The third-order valence-electron chi connectivity index (χ3n) is 1.14. The van der Waals surface area contributed by atoms with Gasteiger partial charge in [-0.2, -0.15) is 0 Å². The maximum Gasteiger partial charge on any atom is 0.507 e. The minimum atomic E-state index is -1.40. The maximum absolute atomic E-state index is 8.55. The normalized spacial score (nSPS) is 17.3. The van der Waals surface area contributed by atoms with Gasteiger partial charge in [0.15, 0.2) is 0 Å². The van der Waals surface area contributed by atoms with Crippen LogP contribution in [-0.4, -0.2) is 29.3 Å². The maximum atomic E-state index is 8.55. The van der Waals surface area contributed by atoms with Crippen molar-refractivity contribution in [1.82, 2.24) is 0 Å². The third kappa shape index (κ3) is 1.66. The number of nitrogens with zero attached hydrogens (tertiary/aromatic N) is 1. The summed E-state index contributed by atoms with van der Waals surface area (Å²) >= 11 is 0. The van der Waals surface area contributed by atoms with Gasteiger partial charge in [-0.3, -0.25) is 4.99 Å². The van der Waals surface area contributed by atoms with E-state index in [2.05, 4.69) is 4.99 Å². The fraction of sp³-hybridized carbons (Fsp3) is 0.400. The van der Waals surface area contributed by atoms with Crippen LogP contribution in [0.1, 0.15) is 6.42 Å². The smallest absolute Gasteiger partial charge is 0.422 e. The molecule has 0 saturated heterocycles. The largest absolute Gasteiger partial charge is 0.507 e. The Hall–Kier alpha value is -0.605. The average Bonchev–Trinajstić information content (AvgIpc) is 1.90. The number of hydrogen-bond donors (Lipinski definition) is 2. The van der Waals surface area contributed by atoms with Crippen molar-refractivity contribution in [1.29, 1.82) is 0 Å². The van der Waals surface area contributed by atoms with Crippen molar-refractivity contribution >= 4 is 12.7 Å². The van der Waals surface area contributed by atoms with E-state index in [9.17, 15) is 0 Å². The fourth-order valence-electron chi connectivity index (χ4n) is 0.693. The van der Waals surface area contributed by atoms with Crippen molar-refractivity contribution < 1.29 is 10.0 Å². The molecule has 2 N–H and O–H groups in total. The van der Waals surface area contributed by atoms with Crippen molar-refractivity contribution in [2.45, 2.75) is 6.42 Å². The molecule has 0 saturated carbocycles. The lowest BCUT2D eigenvalue weighted by atomic mass is 9.82. The van der Waals surface area contributed by atoms with Crippen LogP contribution in [0.3, 0.4) is 0 Å². The molecule has 0 bridgehead atoms. The lowest BCUT2D eigenvalue weighted by Gasteiger charge is -2.02. The Bertz CT molecular complexity index is 153. The molecule has 0 fully saturated rings. The van der Waals surface area contributed by atoms with E-state index in [4.69, 9.17) is 10.0 Å². The van der Waals surface area contributed by atoms with Crippen LogP contribution in [0, 0.1) is 0 Å². The molecule has 4 heteroatoms. The molecule has 1 rings (SSSR count). The van der Waals surface area contributed by atoms with Gasteiger partial charge in [-0.15, -0.1) is 0 Å². The van der Waals surface area contributed by atoms with Gasteiger partial charge in [0.2, 0.25) is 0 Å². The van der Waals surface area contributed by atoms with E-state index in [1.54, 1.807) is 6.08 Å². The Morgan fingerprint density at radius 2 is 2.33 bits per heavy atom. The molecule has 0 atom stereocenters. The first-order valence-electron chi connectivity index (χ1n) is 2.88. The van der Waals surface area contributed by atoms with Crippen LogP contribution in [0.2, 0.25) is 0 Å². The van der Waals surface area contributed by atoms with Crippen LogP contribution >= 0.6 is 0 Å². The fourth-order valence-corrected chi connectivity index (χ4v) is 0.693. The topological polar surface area (TPSA) is 52.8 Å². The summed E-state index contributed by atoms with van der Waals surface area (Å²) in [6.07, 6.45) is 4.41. The highest BCUT2D eigenvalue weighted by molar-refractivity contribution is 6.82. The number of aliphatic imine (C=N–C) groups is 1. The number of dihydropyridines is 1. The standard InChI is InChI=1S/C5H8BNO2/c8-6(9)5-3-1-2-4-7-5/h1,3,8-9H,2,4H2. The van der Waals surface area contributed by atoms with Crippen LogP contribution in [-0.2, 0) is 0 Å². The lowest BCUT2D eigenvalue weighted by molar-refractivity contribution is 0.430. The zero-order valence-corrected chi connectivity index (χ0v) is 4.99. The number of rotatable bonds is 1. The summed E-state index contributed by atoms with van der Waals surface area (Å²) in [6.45, 7) is 0.670. The van der Waals surface area contributed by atoms with Gasteiger partial charge < -0.3 is 10.0 Å². The monoisotopic (exact) mass is 125 g/mol. The van der Waals surface area contributed by atoms with E-state index < -0.39 is 7.12 Å². The molecule has 1 heterocycles. The van der Waals surface area contributed by atoms with Crippen molar-refractivity contribution in [2.24, 2.45) is 4.99 Å². The molecule has 0 radical (unpaired) electrons. The highest BCUT2D eigenvalue weighted by Gasteiger charge is 2.14. The Balaban J connectivity index is 2.58. The molecule has 0 unspecified atom stereocenters. The van der Waals surface area contributed by atoms with E-state index in [1.807, 2.05) is 6.08 Å². The molecule has 0 aromatic carbocycles. The van der Waals surface area contributed by atoms with Gasteiger partial charge >= 0.3 is 7.12 Å². The number of hydrogen-bond acceptors (Lipinski definition) is 3. The Labute approximate surface area is 53.9 Å². The zero-order chi connectivity index (χ0) is 6.69. The first-order chi connectivity index (χ1) is 4.30. The molecule has 0 spiro atoms. The second kappa shape index (κ2) is 2.80. The Morgan fingerprint density at radius 3 is 2.67 bits per heavy atom. The molecule has 48 valence electrons. The van der Waals surface area contributed by atoms with Crippen molar-refractivity contribution in [3.63, 3.8) is 0 Å². The SMILES string of the molecule is OB(O)C1=NCCC=C1. The van der Waals surface area contributed by atoms with Gasteiger partial charge in [0.1, 0.15) is 0 Å². The summed E-state index contributed by atoms with van der Waals surface area (Å²) in [5, 5.41) is 17.1. The lowest BCUT2D eigenvalue weighted by Crippen LogP contribution is -2.25. The minimum absolute atomic E-state index is 0.362. The first-order valence-corrected chi connectivity index (χ1v) is 2.88. The van der Waals surface area contributed by atoms with Gasteiger partial charge in [-0.05, 0) is 12.5 Å². The minimum Gasteiger partial charge on any atom is -0.422 e. The molecule has 0 aromatic rings. The summed E-state index contributed by atoms with van der Waals surface area (Å²) in [5.41, 5.74) is 0.362. The summed E-state index contributed by atoms with van der Waals surface area (Å²) in [7, 11) is -1.40. The Kier molecular flexibility index (Phi) is 2.03. The predicted octanol–water partition coefficient (Wildman–Crippen LogP) is -0.601. The molecule has 1 aliphatic heterocycles. The highest BCUT2D eigenvalue weighted by atomic mass is 16.4.